The minimum Gasteiger partial charge on any atom is -0.478 e. The van der Waals surface area contributed by atoms with Crippen LogP contribution in [0.5, 0.6) is 0 Å². The van der Waals surface area contributed by atoms with Crippen LogP contribution in [-0.2, 0) is 9.53 Å². The van der Waals surface area contributed by atoms with Gasteiger partial charge in [0.25, 0.3) is 5.91 Å². The van der Waals surface area contributed by atoms with E-state index in [0.29, 0.717) is 12.1 Å². The first-order valence-corrected chi connectivity index (χ1v) is 7.06. The lowest BCUT2D eigenvalue weighted by Crippen LogP contribution is -2.26. The van der Waals surface area contributed by atoms with Crippen molar-refractivity contribution in [1.29, 1.82) is 0 Å². The number of hydrogen-bond donors (Lipinski definition) is 2. The normalized spacial score (nSPS) is 18.0. The molecule has 1 aromatic carbocycles. The maximum atomic E-state index is 11.9. The Labute approximate surface area is 123 Å². The fraction of sp³-hybridized carbons (Fsp3) is 0.375. The number of hydrogen-bond acceptors (Lipinski definition) is 3. The monoisotopic (exact) mass is 289 g/mol. The predicted molar refractivity (Wildman–Crippen MR) is 79.0 cm³/mol. The van der Waals surface area contributed by atoms with Crippen LogP contribution in [0.15, 0.2) is 30.3 Å². The highest BCUT2D eigenvalue weighted by Crippen LogP contribution is 2.14. The number of carboxylic acid groups (broad SMARTS) is 1. The summed E-state index contributed by atoms with van der Waals surface area (Å²) in [5.41, 5.74) is 1.31. The van der Waals surface area contributed by atoms with Gasteiger partial charge in [-0.25, -0.2) is 4.79 Å². The molecule has 5 heteroatoms. The number of carboxylic acids is 1. The molecule has 1 saturated heterocycles. The second-order valence-electron chi connectivity index (χ2n) is 4.97. The largest absolute Gasteiger partial charge is 0.478 e. The predicted octanol–water partition coefficient (Wildman–Crippen LogP) is 2.08. The molecule has 0 bridgehead atoms. The van der Waals surface area contributed by atoms with Gasteiger partial charge < -0.3 is 15.2 Å². The van der Waals surface area contributed by atoms with Gasteiger partial charge in [-0.2, -0.15) is 0 Å². The first-order valence-electron chi connectivity index (χ1n) is 7.06. The molecule has 1 aliphatic rings. The van der Waals surface area contributed by atoms with Crippen molar-refractivity contribution in [2.45, 2.75) is 25.4 Å². The van der Waals surface area contributed by atoms with Crippen LogP contribution in [0.1, 0.15) is 35.2 Å². The summed E-state index contributed by atoms with van der Waals surface area (Å²) in [6, 6.07) is 6.80. The first-order chi connectivity index (χ1) is 10.1. The van der Waals surface area contributed by atoms with Gasteiger partial charge in [0.2, 0.25) is 0 Å². The standard InChI is InChI=1S/C16H19NO4/c18-15(19)8-5-12-3-6-13(7-4-12)16(20)17-10-9-14-2-1-11-21-14/h3-8,14H,1-2,9-11H2,(H,17,20)(H,18,19). The van der Waals surface area contributed by atoms with Gasteiger partial charge in [-0.1, -0.05) is 12.1 Å². The van der Waals surface area contributed by atoms with Gasteiger partial charge in [-0.05, 0) is 43.0 Å². The second-order valence-corrected chi connectivity index (χ2v) is 4.97. The topological polar surface area (TPSA) is 75.6 Å². The lowest BCUT2D eigenvalue weighted by atomic mass is 10.1. The number of nitrogens with one attached hydrogen (secondary N) is 1. The fourth-order valence-corrected chi connectivity index (χ4v) is 2.23. The molecule has 5 nitrogen and oxygen atoms in total. The van der Waals surface area contributed by atoms with Gasteiger partial charge in [-0.3, -0.25) is 4.79 Å². The number of aliphatic carboxylic acids is 1. The average Bonchev–Trinajstić information content (AvgIpc) is 2.99. The lowest BCUT2D eigenvalue weighted by Gasteiger charge is -2.10. The van der Waals surface area contributed by atoms with Gasteiger partial charge in [-0.15, -0.1) is 0 Å². The number of ether oxygens (including phenoxy) is 1. The van der Waals surface area contributed by atoms with Crippen molar-refractivity contribution >= 4 is 18.0 Å². The summed E-state index contributed by atoms with van der Waals surface area (Å²) in [5.74, 6) is -1.12. The summed E-state index contributed by atoms with van der Waals surface area (Å²) in [5, 5.41) is 11.4. The van der Waals surface area contributed by atoms with Crippen molar-refractivity contribution in [2.24, 2.45) is 0 Å². The van der Waals surface area contributed by atoms with Crippen molar-refractivity contribution in [1.82, 2.24) is 5.32 Å². The zero-order valence-corrected chi connectivity index (χ0v) is 11.7. The number of benzene rings is 1. The summed E-state index contributed by atoms with van der Waals surface area (Å²) >= 11 is 0. The molecular formula is C16H19NO4. The Morgan fingerprint density at radius 1 is 1.33 bits per heavy atom. The summed E-state index contributed by atoms with van der Waals surface area (Å²) in [6.07, 6.45) is 5.84. The maximum absolute atomic E-state index is 11.9. The fourth-order valence-electron chi connectivity index (χ4n) is 2.23. The van der Waals surface area contributed by atoms with E-state index in [4.69, 9.17) is 9.84 Å². The van der Waals surface area contributed by atoms with Gasteiger partial charge in [0, 0.05) is 24.8 Å². The number of amides is 1. The van der Waals surface area contributed by atoms with E-state index in [-0.39, 0.29) is 12.0 Å². The molecule has 0 spiro atoms. The molecule has 1 unspecified atom stereocenters. The van der Waals surface area contributed by atoms with E-state index in [2.05, 4.69) is 5.32 Å². The zero-order valence-electron chi connectivity index (χ0n) is 11.7. The van der Waals surface area contributed by atoms with Crippen LogP contribution in [0.2, 0.25) is 0 Å². The number of carbonyl (C=O) groups excluding carboxylic acids is 1. The molecule has 0 saturated carbocycles. The minimum absolute atomic E-state index is 0.123. The average molecular weight is 289 g/mol. The molecular weight excluding hydrogens is 270 g/mol. The highest BCUT2D eigenvalue weighted by atomic mass is 16.5. The third-order valence-corrected chi connectivity index (χ3v) is 3.37. The summed E-state index contributed by atoms with van der Waals surface area (Å²) in [4.78, 5) is 22.3. The zero-order chi connectivity index (χ0) is 15.1. The molecule has 1 heterocycles. The smallest absolute Gasteiger partial charge is 0.328 e. The quantitative estimate of drug-likeness (QED) is 0.786. The van der Waals surface area contributed by atoms with Crippen molar-refractivity contribution < 1.29 is 19.4 Å². The van der Waals surface area contributed by atoms with Crippen LogP contribution in [-0.4, -0.2) is 36.2 Å². The van der Waals surface area contributed by atoms with Crippen LogP contribution in [0, 0.1) is 0 Å². The Kier molecular flexibility index (Phi) is 5.51. The Hall–Kier alpha value is -2.14. The van der Waals surface area contributed by atoms with Crippen molar-refractivity contribution in [2.75, 3.05) is 13.2 Å². The molecule has 0 radical (unpaired) electrons. The number of rotatable bonds is 6. The van der Waals surface area contributed by atoms with E-state index in [1.165, 1.54) is 6.08 Å². The van der Waals surface area contributed by atoms with E-state index < -0.39 is 5.97 Å². The molecule has 1 fully saturated rings. The van der Waals surface area contributed by atoms with Crippen LogP contribution >= 0.6 is 0 Å². The van der Waals surface area contributed by atoms with Crippen LogP contribution in [0.4, 0.5) is 0 Å². The summed E-state index contributed by atoms with van der Waals surface area (Å²) in [7, 11) is 0. The van der Waals surface area contributed by atoms with E-state index in [0.717, 1.165) is 37.5 Å². The molecule has 21 heavy (non-hydrogen) atoms. The van der Waals surface area contributed by atoms with E-state index in [1.54, 1.807) is 24.3 Å². The molecule has 2 N–H and O–H groups in total. The molecule has 1 atom stereocenters. The third-order valence-electron chi connectivity index (χ3n) is 3.37. The second kappa shape index (κ2) is 7.59. The highest BCUT2D eigenvalue weighted by Gasteiger charge is 2.15. The van der Waals surface area contributed by atoms with Crippen LogP contribution in [0.25, 0.3) is 6.08 Å². The molecule has 2 rings (SSSR count). The van der Waals surface area contributed by atoms with Crippen molar-refractivity contribution in [3.8, 4) is 0 Å². The van der Waals surface area contributed by atoms with E-state index in [1.807, 2.05) is 0 Å². The SMILES string of the molecule is O=C(O)C=Cc1ccc(C(=O)NCCC2CCCO2)cc1. The Morgan fingerprint density at radius 2 is 2.10 bits per heavy atom. The first kappa shape index (κ1) is 15.3. The van der Waals surface area contributed by atoms with Crippen molar-refractivity contribution in [3.05, 3.63) is 41.5 Å². The number of carbonyl (C=O) groups is 2. The van der Waals surface area contributed by atoms with Crippen LogP contribution in [0.3, 0.4) is 0 Å². The van der Waals surface area contributed by atoms with Crippen LogP contribution < -0.4 is 5.32 Å². The molecule has 1 amide bonds. The molecule has 1 aliphatic heterocycles. The maximum Gasteiger partial charge on any atom is 0.328 e. The van der Waals surface area contributed by atoms with Gasteiger partial charge >= 0.3 is 5.97 Å². The minimum atomic E-state index is -0.994. The Morgan fingerprint density at radius 3 is 2.71 bits per heavy atom. The van der Waals surface area contributed by atoms with E-state index in [9.17, 15) is 9.59 Å². The molecule has 1 aromatic rings. The summed E-state index contributed by atoms with van der Waals surface area (Å²) < 4.78 is 5.50. The summed E-state index contributed by atoms with van der Waals surface area (Å²) in [6.45, 7) is 1.42. The molecule has 112 valence electrons. The Balaban J connectivity index is 1.80. The Bertz CT molecular complexity index is 516. The lowest BCUT2D eigenvalue weighted by molar-refractivity contribution is -0.131. The van der Waals surface area contributed by atoms with E-state index >= 15 is 0 Å². The van der Waals surface area contributed by atoms with Gasteiger partial charge in [0.05, 0.1) is 6.10 Å². The van der Waals surface area contributed by atoms with Gasteiger partial charge in [0.1, 0.15) is 0 Å². The third kappa shape index (κ3) is 5.04. The molecule has 0 aliphatic carbocycles. The highest BCUT2D eigenvalue weighted by molar-refractivity contribution is 5.94. The molecule has 0 aromatic heterocycles. The van der Waals surface area contributed by atoms with Gasteiger partial charge in [0.15, 0.2) is 0 Å². The van der Waals surface area contributed by atoms with Crippen molar-refractivity contribution in [3.63, 3.8) is 0 Å².